The molecule has 0 bridgehead atoms. The molecule has 0 spiro atoms. The number of pyridine rings is 1. The number of hydrazine groups is 1. The molecule has 0 fully saturated rings. The van der Waals surface area contributed by atoms with Gasteiger partial charge in [-0.3, -0.25) is 20.0 Å². The molecule has 128 valence electrons. The maximum absolute atomic E-state index is 11.9. The van der Waals surface area contributed by atoms with Crippen LogP contribution in [0.4, 0.5) is 0 Å². The molecule has 0 aliphatic rings. The first-order valence-electron chi connectivity index (χ1n) is 7.17. The Bertz CT molecular complexity index is 761. The van der Waals surface area contributed by atoms with E-state index in [2.05, 4.69) is 21.2 Å². The van der Waals surface area contributed by atoms with Gasteiger partial charge in [0, 0.05) is 25.4 Å². The van der Waals surface area contributed by atoms with E-state index in [9.17, 15) is 4.79 Å². The summed E-state index contributed by atoms with van der Waals surface area (Å²) in [5, 5.41) is 3.58. The number of rotatable bonds is 5. The van der Waals surface area contributed by atoms with Gasteiger partial charge in [-0.25, -0.2) is 4.98 Å². The van der Waals surface area contributed by atoms with E-state index < -0.39 is 0 Å². The molecule has 0 radical (unpaired) electrons. The molecule has 0 saturated heterocycles. The van der Waals surface area contributed by atoms with Crippen LogP contribution in [0.1, 0.15) is 12.6 Å². The lowest BCUT2D eigenvalue weighted by atomic mass is 10.4. The van der Waals surface area contributed by atoms with Crippen molar-refractivity contribution in [3.05, 3.63) is 41.3 Å². The SMILES string of the molecule is COC[C@@H](C)NC(=S)NNC(=O)/C=C/c1c(Cl)nc2ccccn12. The molecule has 0 aromatic carbocycles. The smallest absolute Gasteiger partial charge is 0.262 e. The number of carbonyl (C=O) groups is 1. The molecule has 2 rings (SSSR count). The third-order valence-electron chi connectivity index (χ3n) is 3.01. The minimum atomic E-state index is -0.375. The summed E-state index contributed by atoms with van der Waals surface area (Å²) in [7, 11) is 1.60. The minimum Gasteiger partial charge on any atom is -0.383 e. The van der Waals surface area contributed by atoms with Crippen LogP contribution < -0.4 is 16.2 Å². The number of fused-ring (bicyclic) bond motifs is 1. The van der Waals surface area contributed by atoms with Crippen molar-refractivity contribution in [2.45, 2.75) is 13.0 Å². The van der Waals surface area contributed by atoms with E-state index in [0.717, 1.165) is 0 Å². The maximum atomic E-state index is 11.9. The van der Waals surface area contributed by atoms with E-state index in [-0.39, 0.29) is 11.9 Å². The molecular formula is C15H18ClN5O2S. The Labute approximate surface area is 150 Å². The summed E-state index contributed by atoms with van der Waals surface area (Å²) in [4.78, 5) is 16.1. The number of nitrogens with zero attached hydrogens (tertiary/aromatic N) is 2. The van der Waals surface area contributed by atoms with Crippen molar-refractivity contribution in [3.8, 4) is 0 Å². The van der Waals surface area contributed by atoms with Gasteiger partial charge in [-0.2, -0.15) is 0 Å². The number of hydrogen-bond acceptors (Lipinski definition) is 4. The number of nitrogens with one attached hydrogen (secondary N) is 3. The van der Waals surface area contributed by atoms with Gasteiger partial charge in [-0.1, -0.05) is 17.7 Å². The van der Waals surface area contributed by atoms with E-state index in [1.165, 1.54) is 6.08 Å². The van der Waals surface area contributed by atoms with Crippen molar-refractivity contribution in [2.24, 2.45) is 0 Å². The Morgan fingerprint density at radius 2 is 2.29 bits per heavy atom. The third kappa shape index (κ3) is 4.92. The Balaban J connectivity index is 1.91. The average Bonchev–Trinajstić information content (AvgIpc) is 2.86. The number of carbonyl (C=O) groups excluding carboxylic acids is 1. The van der Waals surface area contributed by atoms with Crippen LogP contribution in [0.2, 0.25) is 5.15 Å². The average molecular weight is 368 g/mol. The fourth-order valence-corrected chi connectivity index (χ4v) is 2.49. The van der Waals surface area contributed by atoms with Gasteiger partial charge >= 0.3 is 0 Å². The second-order valence-electron chi connectivity index (χ2n) is 4.99. The number of methoxy groups -OCH3 is 1. The highest BCUT2D eigenvalue weighted by Gasteiger charge is 2.07. The minimum absolute atomic E-state index is 0.0272. The first-order valence-corrected chi connectivity index (χ1v) is 7.96. The third-order valence-corrected chi connectivity index (χ3v) is 3.51. The van der Waals surface area contributed by atoms with Gasteiger partial charge in [-0.05, 0) is 37.4 Å². The van der Waals surface area contributed by atoms with Gasteiger partial charge in [0.25, 0.3) is 5.91 Å². The highest BCUT2D eigenvalue weighted by atomic mass is 35.5. The van der Waals surface area contributed by atoms with Crippen LogP contribution in [0.25, 0.3) is 11.7 Å². The van der Waals surface area contributed by atoms with Gasteiger partial charge < -0.3 is 10.1 Å². The Hall–Kier alpha value is -2.16. The van der Waals surface area contributed by atoms with Gasteiger partial charge in [0.15, 0.2) is 10.3 Å². The molecule has 1 atom stereocenters. The van der Waals surface area contributed by atoms with E-state index in [0.29, 0.717) is 28.2 Å². The number of imidazole rings is 1. The Kier molecular flexibility index (Phi) is 6.53. The van der Waals surface area contributed by atoms with E-state index in [1.807, 2.05) is 31.3 Å². The second kappa shape index (κ2) is 8.62. The standard InChI is InChI=1S/C15H18ClN5O2S/c1-10(9-23-2)17-15(24)20-19-13(22)7-6-11-14(16)18-12-5-3-4-8-21(11)12/h3-8,10H,9H2,1-2H3,(H,19,22)(H2,17,20,24)/b7-6+/t10-/m1/s1. The van der Waals surface area contributed by atoms with Crippen LogP contribution in [0.15, 0.2) is 30.5 Å². The molecular weight excluding hydrogens is 350 g/mol. The first kappa shape index (κ1) is 18.2. The first-order chi connectivity index (χ1) is 11.5. The van der Waals surface area contributed by atoms with Crippen LogP contribution in [-0.4, -0.2) is 40.2 Å². The predicted octanol–water partition coefficient (Wildman–Crippen LogP) is 1.53. The molecule has 2 aromatic heterocycles. The number of aromatic nitrogens is 2. The summed E-state index contributed by atoms with van der Waals surface area (Å²) >= 11 is 11.2. The van der Waals surface area contributed by atoms with Crippen molar-refractivity contribution < 1.29 is 9.53 Å². The molecule has 2 aromatic rings. The number of hydrogen-bond donors (Lipinski definition) is 3. The fourth-order valence-electron chi connectivity index (χ4n) is 2.00. The van der Waals surface area contributed by atoms with Crippen molar-refractivity contribution in [1.29, 1.82) is 0 Å². The van der Waals surface area contributed by atoms with E-state index in [1.54, 1.807) is 17.6 Å². The zero-order valence-electron chi connectivity index (χ0n) is 13.2. The number of thiocarbonyl (C=S) groups is 1. The second-order valence-corrected chi connectivity index (χ2v) is 5.76. The fraction of sp³-hybridized carbons (Fsp3) is 0.267. The lowest BCUT2D eigenvalue weighted by Crippen LogP contribution is -2.49. The monoisotopic (exact) mass is 367 g/mol. The Morgan fingerprint density at radius 3 is 3.04 bits per heavy atom. The molecule has 0 unspecified atom stereocenters. The highest BCUT2D eigenvalue weighted by molar-refractivity contribution is 7.80. The summed E-state index contributed by atoms with van der Waals surface area (Å²) in [5.74, 6) is -0.375. The lowest BCUT2D eigenvalue weighted by Gasteiger charge is -2.15. The van der Waals surface area contributed by atoms with Gasteiger partial charge in [0.2, 0.25) is 0 Å². The normalized spacial score (nSPS) is 12.3. The predicted molar refractivity (Wildman–Crippen MR) is 97.6 cm³/mol. The maximum Gasteiger partial charge on any atom is 0.262 e. The Morgan fingerprint density at radius 1 is 1.50 bits per heavy atom. The number of amides is 1. The molecule has 24 heavy (non-hydrogen) atoms. The molecule has 9 heteroatoms. The van der Waals surface area contributed by atoms with Gasteiger partial charge in [0.05, 0.1) is 12.3 Å². The zero-order valence-corrected chi connectivity index (χ0v) is 14.8. The van der Waals surface area contributed by atoms with Crippen LogP contribution in [0, 0.1) is 0 Å². The van der Waals surface area contributed by atoms with Crippen molar-refractivity contribution in [1.82, 2.24) is 25.6 Å². The molecule has 2 heterocycles. The van der Waals surface area contributed by atoms with Crippen LogP contribution in [-0.2, 0) is 9.53 Å². The summed E-state index contributed by atoms with van der Waals surface area (Å²) < 4.78 is 6.78. The quantitative estimate of drug-likeness (QED) is 0.422. The molecule has 7 nitrogen and oxygen atoms in total. The topological polar surface area (TPSA) is 79.7 Å². The molecule has 0 saturated carbocycles. The van der Waals surface area contributed by atoms with Crippen molar-refractivity contribution in [2.75, 3.05) is 13.7 Å². The highest BCUT2D eigenvalue weighted by Crippen LogP contribution is 2.18. The molecule has 3 N–H and O–H groups in total. The van der Waals surface area contributed by atoms with Crippen molar-refractivity contribution >= 4 is 46.6 Å². The van der Waals surface area contributed by atoms with Crippen LogP contribution in [0.3, 0.4) is 0 Å². The summed E-state index contributed by atoms with van der Waals surface area (Å²) in [6.07, 6.45) is 4.75. The molecule has 0 aliphatic carbocycles. The zero-order chi connectivity index (χ0) is 17.5. The van der Waals surface area contributed by atoms with Crippen LogP contribution >= 0.6 is 23.8 Å². The van der Waals surface area contributed by atoms with Crippen molar-refractivity contribution in [3.63, 3.8) is 0 Å². The summed E-state index contributed by atoms with van der Waals surface area (Å²) in [5.41, 5.74) is 6.41. The number of halogens is 1. The molecule has 0 aliphatic heterocycles. The van der Waals surface area contributed by atoms with Crippen LogP contribution in [0.5, 0.6) is 0 Å². The molecule has 1 amide bonds. The van der Waals surface area contributed by atoms with Gasteiger partial charge in [0.1, 0.15) is 5.65 Å². The largest absolute Gasteiger partial charge is 0.383 e. The number of ether oxygens (including phenoxy) is 1. The van der Waals surface area contributed by atoms with E-state index in [4.69, 9.17) is 28.6 Å². The lowest BCUT2D eigenvalue weighted by molar-refractivity contribution is -0.116. The summed E-state index contributed by atoms with van der Waals surface area (Å²) in [6.45, 7) is 2.41. The van der Waals surface area contributed by atoms with E-state index >= 15 is 0 Å². The summed E-state index contributed by atoms with van der Waals surface area (Å²) in [6, 6.07) is 5.58. The van der Waals surface area contributed by atoms with Gasteiger partial charge in [-0.15, -0.1) is 0 Å².